The van der Waals surface area contributed by atoms with E-state index in [1.165, 1.54) is 10.9 Å². The van der Waals surface area contributed by atoms with Crippen molar-refractivity contribution in [2.75, 3.05) is 22.9 Å². The van der Waals surface area contributed by atoms with Crippen molar-refractivity contribution in [2.24, 2.45) is 0 Å². The van der Waals surface area contributed by atoms with Crippen LogP contribution in [0.3, 0.4) is 0 Å². The normalized spacial score (nSPS) is 11.5. The lowest BCUT2D eigenvalue weighted by atomic mass is 10.2. The molecule has 2 aromatic heterocycles. The van der Waals surface area contributed by atoms with Gasteiger partial charge in [-0.25, -0.2) is 19.7 Å². The number of benzene rings is 2. The summed E-state index contributed by atoms with van der Waals surface area (Å²) in [6.07, 6.45) is 1.22. The van der Waals surface area contributed by atoms with E-state index in [0.29, 0.717) is 12.1 Å². The molecule has 188 valence electrons. The number of nitrogen functional groups attached to an aromatic ring is 1. The number of nitrogens with two attached hydrogens (primary N) is 1. The highest BCUT2D eigenvalue weighted by molar-refractivity contribution is 6.36. The minimum absolute atomic E-state index is 0.00928. The quantitative estimate of drug-likeness (QED) is 0.283. The molecule has 0 unspecified atom stereocenters. The summed E-state index contributed by atoms with van der Waals surface area (Å²) in [5.41, 5.74) is 6.33. The van der Waals surface area contributed by atoms with Gasteiger partial charge in [-0.05, 0) is 38.1 Å². The van der Waals surface area contributed by atoms with Crippen LogP contribution in [0.5, 0.6) is 0 Å². The zero-order chi connectivity index (χ0) is 26.7. The lowest BCUT2D eigenvalue weighted by Gasteiger charge is -2.22. The molecule has 0 aliphatic carbocycles. The molecule has 4 rings (SSSR count). The van der Waals surface area contributed by atoms with E-state index in [2.05, 4.69) is 25.9 Å². The minimum Gasteiger partial charge on any atom is -0.382 e. The predicted molar refractivity (Wildman–Crippen MR) is 143 cm³/mol. The maximum absolute atomic E-state index is 13.8. The van der Waals surface area contributed by atoms with Crippen molar-refractivity contribution in [3.63, 3.8) is 0 Å². The summed E-state index contributed by atoms with van der Waals surface area (Å²) >= 11 is 13.1. The molecule has 37 heavy (non-hydrogen) atoms. The molecule has 2 heterocycles. The standard InChI is InChI=1S/C24H21Cl2N9O2/c1-3-29-24(37)34-16-8-5-9-17(19(16)26)35-22(33-15-7-4-6-14(25)18(15)23(35)36)12(2)32-21-13(10-27)20(28)30-11-31-21/h4-9,11-12H,3H2,1-2H3,(H2,29,34,37)(H3,28,30,31,32)/t12-/m0/s1. The molecule has 1 atom stereocenters. The summed E-state index contributed by atoms with van der Waals surface area (Å²) in [6, 6.07) is 10.7. The Morgan fingerprint density at radius 1 is 1.22 bits per heavy atom. The first-order valence-corrected chi connectivity index (χ1v) is 11.8. The highest BCUT2D eigenvalue weighted by atomic mass is 35.5. The molecule has 0 saturated heterocycles. The van der Waals surface area contributed by atoms with E-state index < -0.39 is 17.6 Å². The zero-order valence-electron chi connectivity index (χ0n) is 19.7. The fraction of sp³-hybridized carbons (Fsp3) is 0.167. The number of rotatable bonds is 6. The second kappa shape index (κ2) is 10.7. The lowest BCUT2D eigenvalue weighted by molar-refractivity contribution is 0.252. The Hall–Kier alpha value is -4.40. The molecule has 0 aliphatic rings. The van der Waals surface area contributed by atoms with Crippen molar-refractivity contribution >= 4 is 57.5 Å². The molecule has 0 radical (unpaired) electrons. The molecule has 4 aromatic rings. The number of carbonyl (C=O) groups is 1. The van der Waals surface area contributed by atoms with Gasteiger partial charge in [0.25, 0.3) is 5.56 Å². The molecule has 0 saturated carbocycles. The Bertz CT molecular complexity index is 1610. The van der Waals surface area contributed by atoms with Crippen LogP contribution in [0.4, 0.5) is 22.1 Å². The second-order valence-electron chi connectivity index (χ2n) is 7.83. The Morgan fingerprint density at radius 3 is 2.70 bits per heavy atom. The number of carbonyl (C=O) groups excluding carboxylic acids is 1. The van der Waals surface area contributed by atoms with Crippen LogP contribution < -0.4 is 27.2 Å². The first-order chi connectivity index (χ1) is 17.8. The number of anilines is 3. The summed E-state index contributed by atoms with van der Waals surface area (Å²) in [4.78, 5) is 38.6. The van der Waals surface area contributed by atoms with Crippen LogP contribution >= 0.6 is 23.2 Å². The van der Waals surface area contributed by atoms with Gasteiger partial charge in [-0.3, -0.25) is 9.36 Å². The molecule has 0 aliphatic heterocycles. The monoisotopic (exact) mass is 537 g/mol. The Labute approximate surface area is 221 Å². The average molecular weight is 538 g/mol. The Balaban J connectivity index is 1.93. The number of hydrogen-bond donors (Lipinski definition) is 4. The number of aromatic nitrogens is 4. The van der Waals surface area contributed by atoms with Gasteiger partial charge >= 0.3 is 6.03 Å². The van der Waals surface area contributed by atoms with Gasteiger partial charge in [-0.2, -0.15) is 5.26 Å². The van der Waals surface area contributed by atoms with Gasteiger partial charge in [0, 0.05) is 6.54 Å². The van der Waals surface area contributed by atoms with Crippen LogP contribution in [0.2, 0.25) is 10.0 Å². The maximum Gasteiger partial charge on any atom is 0.319 e. The van der Waals surface area contributed by atoms with Crippen LogP contribution in [0.1, 0.15) is 31.3 Å². The van der Waals surface area contributed by atoms with Crippen LogP contribution in [0, 0.1) is 11.3 Å². The van der Waals surface area contributed by atoms with Crippen molar-refractivity contribution in [1.82, 2.24) is 24.8 Å². The maximum atomic E-state index is 13.8. The van der Waals surface area contributed by atoms with Gasteiger partial charge < -0.3 is 21.7 Å². The summed E-state index contributed by atoms with van der Waals surface area (Å²) in [6.45, 7) is 3.94. The van der Waals surface area contributed by atoms with E-state index in [9.17, 15) is 14.9 Å². The topological polar surface area (TPSA) is 164 Å². The van der Waals surface area contributed by atoms with Crippen molar-refractivity contribution in [3.05, 3.63) is 74.5 Å². The SMILES string of the molecule is CCNC(=O)Nc1cccc(-n2c([C@H](C)Nc3ncnc(N)c3C#N)nc3cccc(Cl)c3c2=O)c1Cl. The van der Waals surface area contributed by atoms with Gasteiger partial charge in [-0.1, -0.05) is 35.3 Å². The molecule has 0 fully saturated rings. The van der Waals surface area contributed by atoms with Gasteiger partial charge in [0.15, 0.2) is 0 Å². The molecule has 11 nitrogen and oxygen atoms in total. The number of fused-ring (bicyclic) bond motifs is 1. The first-order valence-electron chi connectivity index (χ1n) is 11.1. The zero-order valence-corrected chi connectivity index (χ0v) is 21.2. The summed E-state index contributed by atoms with van der Waals surface area (Å²) in [5.74, 6) is 0.431. The summed E-state index contributed by atoms with van der Waals surface area (Å²) in [5, 5.41) is 18.4. The fourth-order valence-electron chi connectivity index (χ4n) is 3.73. The third-order valence-corrected chi connectivity index (χ3v) is 6.12. The highest BCUT2D eigenvalue weighted by Gasteiger charge is 2.23. The van der Waals surface area contributed by atoms with Gasteiger partial charge in [0.1, 0.15) is 35.4 Å². The van der Waals surface area contributed by atoms with Gasteiger partial charge in [0.05, 0.1) is 38.4 Å². The van der Waals surface area contributed by atoms with Crippen molar-refractivity contribution in [1.29, 1.82) is 5.26 Å². The number of hydrogen-bond acceptors (Lipinski definition) is 8. The van der Waals surface area contributed by atoms with Gasteiger partial charge in [-0.15, -0.1) is 0 Å². The minimum atomic E-state index is -0.673. The van der Waals surface area contributed by atoms with Crippen molar-refractivity contribution in [3.8, 4) is 11.8 Å². The fourth-order valence-corrected chi connectivity index (χ4v) is 4.24. The van der Waals surface area contributed by atoms with E-state index in [1.54, 1.807) is 50.2 Å². The van der Waals surface area contributed by atoms with E-state index in [-0.39, 0.29) is 49.8 Å². The van der Waals surface area contributed by atoms with E-state index in [4.69, 9.17) is 33.9 Å². The summed E-state index contributed by atoms with van der Waals surface area (Å²) in [7, 11) is 0. The number of nitrogens with one attached hydrogen (secondary N) is 3. The van der Waals surface area contributed by atoms with Crippen LogP contribution in [-0.2, 0) is 0 Å². The van der Waals surface area contributed by atoms with Crippen LogP contribution in [0.25, 0.3) is 16.6 Å². The number of nitriles is 1. The number of urea groups is 1. The molecule has 13 heteroatoms. The third kappa shape index (κ3) is 4.97. The van der Waals surface area contributed by atoms with E-state index in [0.717, 1.165) is 0 Å². The predicted octanol–water partition coefficient (Wildman–Crippen LogP) is 4.25. The number of nitrogens with zero attached hydrogens (tertiary/aromatic N) is 5. The van der Waals surface area contributed by atoms with Crippen molar-refractivity contribution in [2.45, 2.75) is 19.9 Å². The Morgan fingerprint density at radius 2 is 1.97 bits per heavy atom. The van der Waals surface area contributed by atoms with E-state index >= 15 is 0 Å². The Kier molecular flexibility index (Phi) is 7.42. The smallest absolute Gasteiger partial charge is 0.319 e. The second-order valence-corrected chi connectivity index (χ2v) is 8.61. The molecule has 2 aromatic carbocycles. The molecule has 2 amide bonds. The average Bonchev–Trinajstić information content (AvgIpc) is 2.86. The van der Waals surface area contributed by atoms with Crippen molar-refractivity contribution < 1.29 is 4.79 Å². The lowest BCUT2D eigenvalue weighted by Crippen LogP contribution is -2.29. The highest BCUT2D eigenvalue weighted by Crippen LogP contribution is 2.32. The molecular formula is C24H21Cl2N9O2. The third-order valence-electron chi connectivity index (χ3n) is 5.41. The largest absolute Gasteiger partial charge is 0.382 e. The van der Waals surface area contributed by atoms with Gasteiger partial charge in [0.2, 0.25) is 0 Å². The van der Waals surface area contributed by atoms with Crippen LogP contribution in [-0.4, -0.2) is 32.1 Å². The molecule has 0 bridgehead atoms. The summed E-state index contributed by atoms with van der Waals surface area (Å²) < 4.78 is 1.31. The first kappa shape index (κ1) is 25.7. The van der Waals surface area contributed by atoms with Crippen LogP contribution in [0.15, 0.2) is 47.5 Å². The molecule has 5 N–H and O–H groups in total. The number of amides is 2. The molecule has 0 spiro atoms. The number of halogens is 2. The van der Waals surface area contributed by atoms with E-state index in [1.807, 2.05) is 6.07 Å². The molecular weight excluding hydrogens is 517 g/mol.